The van der Waals surface area contributed by atoms with Crippen molar-refractivity contribution in [3.05, 3.63) is 42.2 Å². The third-order valence-corrected chi connectivity index (χ3v) is 3.56. The van der Waals surface area contributed by atoms with Crippen LogP contribution in [-0.2, 0) is 6.54 Å². The zero-order valence-corrected chi connectivity index (χ0v) is 12.3. The lowest BCUT2D eigenvalue weighted by atomic mass is 9.92. The molecule has 5 nitrogen and oxygen atoms in total. The molecule has 1 aromatic carbocycles. The molecule has 0 aliphatic carbocycles. The Kier molecular flexibility index (Phi) is 3.59. The van der Waals surface area contributed by atoms with Crippen LogP contribution in [0, 0.1) is 0 Å². The predicted octanol–water partition coefficient (Wildman–Crippen LogP) is 2.56. The van der Waals surface area contributed by atoms with Gasteiger partial charge in [0.05, 0.1) is 12.6 Å². The number of hydrogen-bond acceptors (Lipinski definition) is 4. The first-order valence-corrected chi connectivity index (χ1v) is 7.15. The van der Waals surface area contributed by atoms with Gasteiger partial charge in [-0.15, -0.1) is 0 Å². The molecule has 0 spiro atoms. The van der Waals surface area contributed by atoms with Crippen molar-refractivity contribution in [2.24, 2.45) is 0 Å². The molecule has 1 aliphatic heterocycles. The normalized spacial score (nSPS) is 19.7. The Morgan fingerprint density at radius 1 is 1.48 bits per heavy atom. The lowest BCUT2D eigenvalue weighted by molar-refractivity contribution is 0.0113. The van der Waals surface area contributed by atoms with Crippen LogP contribution in [0.4, 0.5) is 0 Å². The first-order chi connectivity index (χ1) is 10.0. The fourth-order valence-corrected chi connectivity index (χ4v) is 2.57. The molecule has 3 rings (SSSR count). The van der Waals surface area contributed by atoms with E-state index in [-0.39, 0.29) is 5.60 Å². The van der Waals surface area contributed by atoms with Gasteiger partial charge in [0.2, 0.25) is 0 Å². The van der Waals surface area contributed by atoms with Gasteiger partial charge in [0.15, 0.2) is 0 Å². The number of ether oxygens (including phenoxy) is 2. The van der Waals surface area contributed by atoms with Gasteiger partial charge in [0, 0.05) is 30.4 Å². The highest BCUT2D eigenvalue weighted by Gasteiger charge is 2.32. The minimum Gasteiger partial charge on any atom is -0.492 e. The van der Waals surface area contributed by atoms with E-state index in [1.54, 1.807) is 6.20 Å². The summed E-state index contributed by atoms with van der Waals surface area (Å²) in [5.74, 6) is 1.45. The summed E-state index contributed by atoms with van der Waals surface area (Å²) in [6, 6.07) is 7.48. The highest BCUT2D eigenvalue weighted by molar-refractivity contribution is 5.43. The fourth-order valence-electron chi connectivity index (χ4n) is 2.57. The molecule has 21 heavy (non-hydrogen) atoms. The molecule has 0 saturated heterocycles. The summed E-state index contributed by atoms with van der Waals surface area (Å²) in [6.07, 6.45) is 3.76. The second kappa shape index (κ2) is 5.41. The Morgan fingerprint density at radius 2 is 2.33 bits per heavy atom. The van der Waals surface area contributed by atoms with Crippen molar-refractivity contribution in [2.75, 3.05) is 6.61 Å². The predicted molar refractivity (Wildman–Crippen MR) is 78.4 cm³/mol. The minimum atomic E-state index is -0.484. The van der Waals surface area contributed by atoms with Crippen molar-refractivity contribution < 1.29 is 14.6 Å². The van der Waals surface area contributed by atoms with E-state index >= 15 is 0 Å². The van der Waals surface area contributed by atoms with Crippen molar-refractivity contribution in [1.29, 1.82) is 0 Å². The summed E-state index contributed by atoms with van der Waals surface area (Å²) in [4.78, 5) is 0. The highest BCUT2D eigenvalue weighted by atomic mass is 16.5. The van der Waals surface area contributed by atoms with Crippen LogP contribution in [0.15, 0.2) is 36.7 Å². The Balaban J connectivity index is 1.68. The van der Waals surface area contributed by atoms with Crippen LogP contribution in [0.2, 0.25) is 0 Å². The van der Waals surface area contributed by atoms with Crippen LogP contribution in [0.1, 0.15) is 31.9 Å². The Labute approximate surface area is 124 Å². The van der Waals surface area contributed by atoms with Crippen molar-refractivity contribution in [2.45, 2.75) is 38.5 Å². The van der Waals surface area contributed by atoms with Crippen LogP contribution in [0.3, 0.4) is 0 Å². The maximum atomic E-state index is 10.2. The molecule has 0 fully saturated rings. The first-order valence-electron chi connectivity index (χ1n) is 7.15. The van der Waals surface area contributed by atoms with E-state index in [9.17, 15) is 5.11 Å². The van der Waals surface area contributed by atoms with Crippen LogP contribution in [-0.4, -0.2) is 27.1 Å². The summed E-state index contributed by atoms with van der Waals surface area (Å²) in [7, 11) is 0. The molecule has 5 heteroatoms. The molecule has 0 saturated carbocycles. The molecule has 2 heterocycles. The van der Waals surface area contributed by atoms with Gasteiger partial charge in [0.1, 0.15) is 23.7 Å². The molecule has 0 radical (unpaired) electrons. The molecule has 1 unspecified atom stereocenters. The molecule has 1 atom stereocenters. The van der Waals surface area contributed by atoms with E-state index in [4.69, 9.17) is 9.47 Å². The number of fused-ring (bicyclic) bond motifs is 1. The molecular weight excluding hydrogens is 268 g/mol. The summed E-state index contributed by atoms with van der Waals surface area (Å²) < 4.78 is 13.5. The molecule has 1 aromatic heterocycles. The maximum Gasteiger partial charge on any atom is 0.129 e. The van der Waals surface area contributed by atoms with Crippen molar-refractivity contribution in [1.82, 2.24) is 9.78 Å². The Hall–Kier alpha value is -2.01. The van der Waals surface area contributed by atoms with Gasteiger partial charge < -0.3 is 14.6 Å². The SMILES string of the molecule is CC1(C)CC(O)c2ccc(OCCn3cccn3)cc2O1. The third kappa shape index (κ3) is 3.19. The summed E-state index contributed by atoms with van der Waals surface area (Å²) in [5.41, 5.74) is 0.467. The zero-order valence-electron chi connectivity index (χ0n) is 12.3. The second-order valence-corrected chi connectivity index (χ2v) is 5.90. The van der Waals surface area contributed by atoms with Gasteiger partial charge in [-0.25, -0.2) is 0 Å². The summed E-state index contributed by atoms with van der Waals surface area (Å²) >= 11 is 0. The number of rotatable bonds is 4. The molecule has 0 bridgehead atoms. The number of aliphatic hydroxyl groups is 1. The fraction of sp³-hybridized carbons (Fsp3) is 0.438. The average molecular weight is 288 g/mol. The van der Waals surface area contributed by atoms with Gasteiger partial charge in [-0.1, -0.05) is 0 Å². The van der Waals surface area contributed by atoms with Crippen molar-refractivity contribution in [3.63, 3.8) is 0 Å². The van der Waals surface area contributed by atoms with E-state index in [1.807, 2.05) is 49.0 Å². The lowest BCUT2D eigenvalue weighted by Crippen LogP contribution is -2.34. The standard InChI is InChI=1S/C16H20N2O3/c1-16(2)11-14(19)13-5-4-12(10-15(13)21-16)20-9-8-18-7-3-6-17-18/h3-7,10,14,19H,8-9,11H2,1-2H3. The Bertz CT molecular complexity index is 608. The quantitative estimate of drug-likeness (QED) is 0.939. The summed E-state index contributed by atoms with van der Waals surface area (Å²) in [5, 5.41) is 14.3. The molecule has 2 aromatic rings. The number of nitrogens with zero attached hydrogens (tertiary/aromatic N) is 2. The van der Waals surface area contributed by atoms with E-state index in [2.05, 4.69) is 5.10 Å². The van der Waals surface area contributed by atoms with Gasteiger partial charge in [-0.2, -0.15) is 5.10 Å². The number of benzene rings is 1. The van der Waals surface area contributed by atoms with Crippen LogP contribution < -0.4 is 9.47 Å². The average Bonchev–Trinajstić information content (AvgIpc) is 2.90. The van der Waals surface area contributed by atoms with E-state index in [0.29, 0.717) is 25.3 Å². The largest absolute Gasteiger partial charge is 0.492 e. The molecule has 112 valence electrons. The van der Waals surface area contributed by atoms with Crippen molar-refractivity contribution >= 4 is 0 Å². The molecule has 0 amide bonds. The first kappa shape index (κ1) is 13.9. The highest BCUT2D eigenvalue weighted by Crippen LogP contribution is 2.40. The van der Waals surface area contributed by atoms with E-state index in [0.717, 1.165) is 11.3 Å². The number of aliphatic hydroxyl groups excluding tert-OH is 1. The summed E-state index contributed by atoms with van der Waals surface area (Å²) in [6.45, 7) is 5.18. The Morgan fingerprint density at radius 3 is 3.10 bits per heavy atom. The number of hydrogen-bond donors (Lipinski definition) is 1. The zero-order chi connectivity index (χ0) is 14.9. The van der Waals surface area contributed by atoms with Crippen LogP contribution in [0.5, 0.6) is 11.5 Å². The van der Waals surface area contributed by atoms with Gasteiger partial charge in [-0.3, -0.25) is 4.68 Å². The second-order valence-electron chi connectivity index (χ2n) is 5.90. The lowest BCUT2D eigenvalue weighted by Gasteiger charge is -2.35. The monoisotopic (exact) mass is 288 g/mol. The number of aromatic nitrogens is 2. The third-order valence-electron chi connectivity index (χ3n) is 3.56. The molecule has 1 aliphatic rings. The van der Waals surface area contributed by atoms with Gasteiger partial charge >= 0.3 is 0 Å². The minimum absolute atomic E-state index is 0.361. The van der Waals surface area contributed by atoms with E-state index < -0.39 is 6.10 Å². The smallest absolute Gasteiger partial charge is 0.129 e. The van der Waals surface area contributed by atoms with Gasteiger partial charge in [0.25, 0.3) is 0 Å². The van der Waals surface area contributed by atoms with Gasteiger partial charge in [-0.05, 0) is 32.0 Å². The molecular formula is C16H20N2O3. The maximum absolute atomic E-state index is 10.2. The van der Waals surface area contributed by atoms with Crippen LogP contribution in [0.25, 0.3) is 0 Å². The molecule has 1 N–H and O–H groups in total. The van der Waals surface area contributed by atoms with Crippen LogP contribution >= 0.6 is 0 Å². The topological polar surface area (TPSA) is 56.5 Å². The van der Waals surface area contributed by atoms with E-state index in [1.165, 1.54) is 0 Å². The van der Waals surface area contributed by atoms with Crippen molar-refractivity contribution in [3.8, 4) is 11.5 Å².